The molecule has 104 valence electrons. The largest absolute Gasteiger partial charge is 0.351 e. The minimum absolute atomic E-state index is 0.0802. The molecule has 0 aliphatic carbocycles. The minimum atomic E-state index is -0.0802. The molecule has 1 unspecified atom stereocenters. The van der Waals surface area contributed by atoms with Crippen LogP contribution in [0.15, 0.2) is 59.1 Å². The van der Waals surface area contributed by atoms with E-state index in [2.05, 4.69) is 21.2 Å². The van der Waals surface area contributed by atoms with Gasteiger partial charge < -0.3 is 5.32 Å². The van der Waals surface area contributed by atoms with Crippen molar-refractivity contribution in [2.45, 2.75) is 25.8 Å². The van der Waals surface area contributed by atoms with Gasteiger partial charge in [0.25, 0.3) is 0 Å². The first-order valence-electron chi connectivity index (χ1n) is 6.77. The van der Waals surface area contributed by atoms with Gasteiger partial charge in [-0.2, -0.15) is 0 Å². The number of amides is 1. The predicted molar refractivity (Wildman–Crippen MR) is 85.5 cm³/mol. The maximum Gasteiger partial charge on any atom is 0.227 e. The van der Waals surface area contributed by atoms with Gasteiger partial charge in [-0.15, -0.1) is 0 Å². The SMILES string of the molecule is CCC(C(=O)NCc1cccc(Br)c1)c1ccccc1. The van der Waals surface area contributed by atoms with Gasteiger partial charge >= 0.3 is 0 Å². The fourth-order valence-corrected chi connectivity index (χ4v) is 2.66. The number of benzene rings is 2. The lowest BCUT2D eigenvalue weighted by Crippen LogP contribution is -2.28. The van der Waals surface area contributed by atoms with Crippen LogP contribution in [0.25, 0.3) is 0 Å². The van der Waals surface area contributed by atoms with Crippen LogP contribution in [0, 0.1) is 0 Å². The van der Waals surface area contributed by atoms with Crippen molar-refractivity contribution in [1.29, 1.82) is 0 Å². The van der Waals surface area contributed by atoms with Crippen LogP contribution in [0.5, 0.6) is 0 Å². The summed E-state index contributed by atoms with van der Waals surface area (Å²) in [5.74, 6) is 0.00188. The van der Waals surface area contributed by atoms with Gasteiger partial charge in [0.05, 0.1) is 5.92 Å². The van der Waals surface area contributed by atoms with Gasteiger partial charge in [0, 0.05) is 11.0 Å². The maximum absolute atomic E-state index is 12.3. The zero-order valence-electron chi connectivity index (χ0n) is 11.5. The number of hydrogen-bond donors (Lipinski definition) is 1. The molecule has 20 heavy (non-hydrogen) atoms. The molecule has 1 amide bonds. The number of carbonyl (C=O) groups is 1. The predicted octanol–water partition coefficient (Wildman–Crippen LogP) is 4.26. The highest BCUT2D eigenvalue weighted by Crippen LogP contribution is 2.19. The molecule has 0 aliphatic heterocycles. The van der Waals surface area contributed by atoms with Gasteiger partial charge in [0.15, 0.2) is 0 Å². The number of halogens is 1. The van der Waals surface area contributed by atoms with Crippen molar-refractivity contribution in [3.63, 3.8) is 0 Å². The van der Waals surface area contributed by atoms with Gasteiger partial charge in [-0.1, -0.05) is 65.3 Å². The third kappa shape index (κ3) is 3.94. The van der Waals surface area contributed by atoms with Crippen LogP contribution in [-0.2, 0) is 11.3 Å². The third-order valence-electron chi connectivity index (χ3n) is 3.28. The van der Waals surface area contributed by atoms with Crippen molar-refractivity contribution < 1.29 is 4.79 Å². The molecule has 0 aliphatic rings. The molecule has 2 nitrogen and oxygen atoms in total. The molecule has 1 N–H and O–H groups in total. The molecule has 3 heteroatoms. The van der Waals surface area contributed by atoms with Gasteiger partial charge in [0.2, 0.25) is 5.91 Å². The highest BCUT2D eigenvalue weighted by Gasteiger charge is 2.17. The van der Waals surface area contributed by atoms with E-state index in [0.29, 0.717) is 6.54 Å². The van der Waals surface area contributed by atoms with Gasteiger partial charge in [-0.25, -0.2) is 0 Å². The topological polar surface area (TPSA) is 29.1 Å². The zero-order chi connectivity index (χ0) is 14.4. The Morgan fingerprint density at radius 2 is 1.90 bits per heavy atom. The van der Waals surface area contributed by atoms with E-state index in [-0.39, 0.29) is 11.8 Å². The number of nitrogens with one attached hydrogen (secondary N) is 1. The van der Waals surface area contributed by atoms with Crippen LogP contribution in [0.1, 0.15) is 30.4 Å². The zero-order valence-corrected chi connectivity index (χ0v) is 13.1. The summed E-state index contributed by atoms with van der Waals surface area (Å²) in [5.41, 5.74) is 2.16. The molecule has 2 aromatic carbocycles. The Bertz CT molecular complexity index is 568. The average Bonchev–Trinajstić information content (AvgIpc) is 2.47. The Balaban J connectivity index is 2.00. The molecular formula is C17H18BrNO. The molecule has 0 saturated heterocycles. The molecular weight excluding hydrogens is 314 g/mol. The summed E-state index contributed by atoms with van der Waals surface area (Å²) < 4.78 is 1.03. The van der Waals surface area contributed by atoms with Crippen molar-refractivity contribution in [2.75, 3.05) is 0 Å². The summed E-state index contributed by atoms with van der Waals surface area (Å²) in [4.78, 5) is 12.3. The molecule has 1 atom stereocenters. The van der Waals surface area contributed by atoms with Crippen LogP contribution in [0.2, 0.25) is 0 Å². The molecule has 0 saturated carbocycles. The summed E-state index contributed by atoms with van der Waals surface area (Å²) in [6.45, 7) is 2.60. The molecule has 0 aromatic heterocycles. The van der Waals surface area contributed by atoms with Crippen molar-refractivity contribution in [3.8, 4) is 0 Å². The molecule has 0 radical (unpaired) electrons. The van der Waals surface area contributed by atoms with Crippen molar-refractivity contribution in [1.82, 2.24) is 5.32 Å². The normalized spacial score (nSPS) is 11.9. The molecule has 0 fully saturated rings. The van der Waals surface area contributed by atoms with Crippen LogP contribution >= 0.6 is 15.9 Å². The van der Waals surface area contributed by atoms with Crippen LogP contribution < -0.4 is 5.32 Å². The lowest BCUT2D eigenvalue weighted by atomic mass is 9.95. The molecule has 0 spiro atoms. The smallest absolute Gasteiger partial charge is 0.227 e. The highest BCUT2D eigenvalue weighted by atomic mass is 79.9. The van der Waals surface area contributed by atoms with E-state index in [1.807, 2.05) is 61.5 Å². The van der Waals surface area contributed by atoms with E-state index in [0.717, 1.165) is 22.0 Å². The van der Waals surface area contributed by atoms with Gasteiger partial charge in [-0.05, 0) is 29.7 Å². The lowest BCUT2D eigenvalue weighted by Gasteiger charge is -2.15. The first-order chi connectivity index (χ1) is 9.70. The first-order valence-corrected chi connectivity index (χ1v) is 7.57. The molecule has 0 heterocycles. The van der Waals surface area contributed by atoms with Crippen molar-refractivity contribution >= 4 is 21.8 Å². The van der Waals surface area contributed by atoms with Crippen LogP contribution in [0.3, 0.4) is 0 Å². The molecule has 2 rings (SSSR count). The summed E-state index contributed by atoms with van der Waals surface area (Å²) in [5, 5.41) is 3.02. The summed E-state index contributed by atoms with van der Waals surface area (Å²) >= 11 is 3.44. The molecule has 0 bridgehead atoms. The summed E-state index contributed by atoms with van der Waals surface area (Å²) in [7, 11) is 0. The van der Waals surface area contributed by atoms with Gasteiger partial charge in [0.1, 0.15) is 0 Å². The van der Waals surface area contributed by atoms with E-state index in [9.17, 15) is 4.79 Å². The average molecular weight is 332 g/mol. The summed E-state index contributed by atoms with van der Waals surface area (Å²) in [6.07, 6.45) is 0.800. The monoisotopic (exact) mass is 331 g/mol. The van der Waals surface area contributed by atoms with Crippen LogP contribution in [0.4, 0.5) is 0 Å². The number of hydrogen-bond acceptors (Lipinski definition) is 1. The summed E-state index contributed by atoms with van der Waals surface area (Å²) in [6, 6.07) is 17.9. The van der Waals surface area contributed by atoms with Crippen molar-refractivity contribution in [2.24, 2.45) is 0 Å². The second-order valence-corrected chi connectivity index (χ2v) is 5.63. The van der Waals surface area contributed by atoms with E-state index in [1.54, 1.807) is 0 Å². The molecule has 2 aromatic rings. The Morgan fingerprint density at radius 1 is 1.15 bits per heavy atom. The fourth-order valence-electron chi connectivity index (χ4n) is 2.22. The highest BCUT2D eigenvalue weighted by molar-refractivity contribution is 9.10. The lowest BCUT2D eigenvalue weighted by molar-refractivity contribution is -0.122. The number of rotatable bonds is 5. The van der Waals surface area contributed by atoms with E-state index >= 15 is 0 Å². The third-order valence-corrected chi connectivity index (χ3v) is 3.78. The second-order valence-electron chi connectivity index (χ2n) is 4.72. The van der Waals surface area contributed by atoms with E-state index < -0.39 is 0 Å². The Labute approximate surface area is 128 Å². The van der Waals surface area contributed by atoms with Gasteiger partial charge in [-0.3, -0.25) is 4.79 Å². The van der Waals surface area contributed by atoms with Crippen LogP contribution in [-0.4, -0.2) is 5.91 Å². The number of carbonyl (C=O) groups excluding carboxylic acids is 1. The Hall–Kier alpha value is -1.61. The Morgan fingerprint density at radius 3 is 2.55 bits per heavy atom. The first kappa shape index (κ1) is 14.8. The minimum Gasteiger partial charge on any atom is -0.351 e. The quantitative estimate of drug-likeness (QED) is 0.871. The van der Waals surface area contributed by atoms with E-state index in [4.69, 9.17) is 0 Å². The Kier molecular flexibility index (Phi) is 5.36. The fraction of sp³-hybridized carbons (Fsp3) is 0.235. The standard InChI is InChI=1S/C17H18BrNO/c1-2-16(14-8-4-3-5-9-14)17(20)19-12-13-7-6-10-15(18)11-13/h3-11,16H,2,12H2,1H3,(H,19,20). The second kappa shape index (κ2) is 7.25. The van der Waals surface area contributed by atoms with Crippen molar-refractivity contribution in [3.05, 3.63) is 70.2 Å². The maximum atomic E-state index is 12.3. The van der Waals surface area contributed by atoms with E-state index in [1.165, 1.54) is 0 Å².